The maximum absolute atomic E-state index is 13.6. The highest BCUT2D eigenvalue weighted by molar-refractivity contribution is 5.84. The van der Waals surface area contributed by atoms with Crippen LogP contribution in [0.5, 0.6) is 0 Å². The zero-order chi connectivity index (χ0) is 22.1. The average Bonchev–Trinajstić information content (AvgIpc) is 3.35. The summed E-state index contributed by atoms with van der Waals surface area (Å²) in [6, 6.07) is 1.97. The highest BCUT2D eigenvalue weighted by Crippen LogP contribution is 2.67. The van der Waals surface area contributed by atoms with Crippen molar-refractivity contribution in [1.82, 2.24) is 14.8 Å². The first-order valence-electron chi connectivity index (χ1n) is 13.2. The van der Waals surface area contributed by atoms with Crippen molar-refractivity contribution < 1.29 is 4.79 Å². The van der Waals surface area contributed by atoms with Crippen LogP contribution in [0.15, 0.2) is 24.7 Å². The molecule has 4 aliphatic rings. The normalized spacial score (nSPS) is 42.2. The number of fused-ring (bicyclic) bond motifs is 6. The van der Waals surface area contributed by atoms with Crippen molar-refractivity contribution in [2.45, 2.75) is 92.5 Å². The van der Waals surface area contributed by atoms with Crippen LogP contribution in [0.1, 0.15) is 86.0 Å². The first kappa shape index (κ1) is 23.1. The van der Waals surface area contributed by atoms with E-state index < -0.39 is 0 Å². The van der Waals surface area contributed by atoms with Gasteiger partial charge in [-0.25, -0.2) is 0 Å². The van der Waals surface area contributed by atoms with Gasteiger partial charge in [-0.05, 0) is 97.9 Å². The predicted octanol–water partition coefficient (Wildman–Crippen LogP) is 6.93. The van der Waals surface area contributed by atoms with Gasteiger partial charge in [0.1, 0.15) is 6.54 Å². The fourth-order valence-corrected chi connectivity index (χ4v) is 9.30. The molecule has 2 heterocycles. The molecule has 33 heavy (non-hydrogen) atoms. The number of nitrogens with zero attached hydrogens (tertiary/aromatic N) is 3. The van der Waals surface area contributed by atoms with E-state index in [0.29, 0.717) is 17.7 Å². The number of Topliss-reactive ketones (excluding diaryl/α,β-unsaturated/α-hetero) is 1. The minimum absolute atomic E-state index is 0. The number of carbonyl (C=O) groups is 1. The largest absolute Gasteiger partial charge is 0.297 e. The lowest BCUT2D eigenvalue weighted by molar-refractivity contribution is -0.137. The standard InChI is InChI=1S/C28H39N3O.CH4/c1-18-8-11-27(2)20(14-18)4-5-21-22-6-7-24(28(22,3)12-9-23(21)27)26(32)17-31-25-16-29-13-10-19(25)15-30-31;/h10,13,15-16,18,20-24H,4-9,11-12,14,17H2,1-3H3;1H4/t18?,20?,21?,22?,23?,24-,27?,28?;/m1./s1. The van der Waals surface area contributed by atoms with E-state index >= 15 is 0 Å². The Labute approximate surface area is 199 Å². The van der Waals surface area contributed by atoms with E-state index in [4.69, 9.17) is 0 Å². The van der Waals surface area contributed by atoms with E-state index in [1.165, 1.54) is 51.4 Å². The zero-order valence-corrected chi connectivity index (χ0v) is 20.1. The summed E-state index contributed by atoms with van der Waals surface area (Å²) < 4.78 is 1.88. The summed E-state index contributed by atoms with van der Waals surface area (Å²) in [7, 11) is 0. The summed E-state index contributed by atoms with van der Waals surface area (Å²) in [5.74, 6) is 4.93. The van der Waals surface area contributed by atoms with Gasteiger partial charge >= 0.3 is 0 Å². The molecule has 4 saturated carbocycles. The van der Waals surface area contributed by atoms with Crippen LogP contribution in [0.3, 0.4) is 0 Å². The quantitative estimate of drug-likeness (QED) is 0.510. The van der Waals surface area contributed by atoms with Gasteiger partial charge in [-0.1, -0.05) is 34.6 Å². The van der Waals surface area contributed by atoms with E-state index in [1.54, 1.807) is 6.20 Å². The molecule has 4 aliphatic carbocycles. The second-order valence-electron chi connectivity index (χ2n) is 12.4. The van der Waals surface area contributed by atoms with Gasteiger partial charge in [-0.2, -0.15) is 5.10 Å². The second kappa shape index (κ2) is 8.20. The first-order valence-corrected chi connectivity index (χ1v) is 13.2. The molecule has 4 nitrogen and oxygen atoms in total. The lowest BCUT2D eigenvalue weighted by Gasteiger charge is -2.61. The molecule has 0 spiro atoms. The van der Waals surface area contributed by atoms with E-state index in [-0.39, 0.29) is 18.8 Å². The van der Waals surface area contributed by atoms with Crippen molar-refractivity contribution in [2.24, 2.45) is 46.3 Å². The maximum Gasteiger partial charge on any atom is 0.157 e. The molecule has 0 saturated heterocycles. The van der Waals surface area contributed by atoms with Crippen molar-refractivity contribution in [1.29, 1.82) is 0 Å². The molecular weight excluding hydrogens is 406 g/mol. The fraction of sp³-hybridized carbons (Fsp3) is 0.759. The molecule has 4 heteroatoms. The SMILES string of the molecule is C.CC1CCC2(C)C(CCC3C2CCC2(C)C3CC[C@@H]2C(=O)Cn2ncc3ccncc32)C1. The molecule has 0 amide bonds. The van der Waals surface area contributed by atoms with Gasteiger partial charge < -0.3 is 0 Å². The molecule has 180 valence electrons. The smallest absolute Gasteiger partial charge is 0.157 e. The van der Waals surface area contributed by atoms with Crippen LogP contribution in [-0.4, -0.2) is 20.5 Å². The van der Waals surface area contributed by atoms with Crippen LogP contribution in [0.25, 0.3) is 10.9 Å². The van der Waals surface area contributed by atoms with Crippen LogP contribution >= 0.6 is 0 Å². The summed E-state index contributed by atoms with van der Waals surface area (Å²) in [6.07, 6.45) is 17.6. The Balaban J connectivity index is 0.00000228. The Morgan fingerprint density at radius 1 is 1.03 bits per heavy atom. The molecule has 0 bridgehead atoms. The minimum Gasteiger partial charge on any atom is -0.297 e. The number of ketones is 1. The number of carbonyl (C=O) groups excluding carboxylic acids is 1. The zero-order valence-electron chi connectivity index (χ0n) is 20.1. The van der Waals surface area contributed by atoms with E-state index in [1.807, 2.05) is 23.1 Å². The molecule has 2 aromatic rings. The van der Waals surface area contributed by atoms with Gasteiger partial charge in [-0.3, -0.25) is 14.5 Å². The average molecular weight is 450 g/mol. The monoisotopic (exact) mass is 449 g/mol. The molecule has 6 rings (SSSR count). The van der Waals surface area contributed by atoms with E-state index in [2.05, 4.69) is 30.9 Å². The third kappa shape index (κ3) is 3.41. The molecule has 0 radical (unpaired) electrons. The van der Waals surface area contributed by atoms with Gasteiger partial charge in [0, 0.05) is 17.5 Å². The van der Waals surface area contributed by atoms with Gasteiger partial charge in [0.05, 0.1) is 17.9 Å². The number of pyridine rings is 1. The number of aromatic nitrogens is 3. The summed E-state index contributed by atoms with van der Waals surface area (Å²) >= 11 is 0. The lowest BCUT2D eigenvalue weighted by Crippen LogP contribution is -2.53. The molecule has 2 aromatic heterocycles. The molecule has 0 aliphatic heterocycles. The minimum atomic E-state index is 0. The number of hydrogen-bond donors (Lipinski definition) is 0. The topological polar surface area (TPSA) is 47.8 Å². The molecule has 0 aromatic carbocycles. The Bertz CT molecular complexity index is 1030. The van der Waals surface area contributed by atoms with Crippen molar-refractivity contribution in [3.63, 3.8) is 0 Å². The summed E-state index contributed by atoms with van der Waals surface area (Å²) in [5.41, 5.74) is 1.71. The van der Waals surface area contributed by atoms with Crippen LogP contribution in [0.4, 0.5) is 0 Å². The Morgan fingerprint density at radius 3 is 2.67 bits per heavy atom. The van der Waals surface area contributed by atoms with Crippen molar-refractivity contribution in [3.05, 3.63) is 24.7 Å². The van der Waals surface area contributed by atoms with Gasteiger partial charge in [0.2, 0.25) is 0 Å². The van der Waals surface area contributed by atoms with Crippen LogP contribution in [-0.2, 0) is 11.3 Å². The molecule has 4 fully saturated rings. The summed E-state index contributed by atoms with van der Waals surface area (Å²) in [5, 5.41) is 5.58. The third-order valence-electron chi connectivity index (χ3n) is 11.1. The van der Waals surface area contributed by atoms with Crippen LogP contribution < -0.4 is 0 Å². The Hall–Kier alpha value is -1.71. The molecule has 7 unspecified atom stereocenters. The van der Waals surface area contributed by atoms with Crippen LogP contribution in [0, 0.1) is 46.3 Å². The fourth-order valence-electron chi connectivity index (χ4n) is 9.30. The first-order chi connectivity index (χ1) is 15.4. The molecule has 8 atom stereocenters. The number of rotatable bonds is 3. The summed E-state index contributed by atoms with van der Waals surface area (Å²) in [6.45, 7) is 7.99. The highest BCUT2D eigenvalue weighted by Gasteiger charge is 2.60. The van der Waals surface area contributed by atoms with Gasteiger partial charge in [0.25, 0.3) is 0 Å². The molecule has 0 N–H and O–H groups in total. The van der Waals surface area contributed by atoms with Crippen LogP contribution in [0.2, 0.25) is 0 Å². The Morgan fingerprint density at radius 2 is 1.82 bits per heavy atom. The lowest BCUT2D eigenvalue weighted by atomic mass is 9.44. The second-order valence-corrected chi connectivity index (χ2v) is 12.4. The molecular formula is C29H43N3O. The highest BCUT2D eigenvalue weighted by atomic mass is 16.1. The Kier molecular flexibility index (Phi) is 5.73. The van der Waals surface area contributed by atoms with Crippen molar-refractivity contribution in [3.8, 4) is 0 Å². The van der Waals surface area contributed by atoms with Crippen molar-refractivity contribution in [2.75, 3.05) is 0 Å². The van der Waals surface area contributed by atoms with Gasteiger partial charge in [0.15, 0.2) is 5.78 Å². The van der Waals surface area contributed by atoms with E-state index in [9.17, 15) is 4.79 Å². The van der Waals surface area contributed by atoms with Gasteiger partial charge in [-0.15, -0.1) is 0 Å². The maximum atomic E-state index is 13.6. The summed E-state index contributed by atoms with van der Waals surface area (Å²) in [4.78, 5) is 17.9. The van der Waals surface area contributed by atoms with Crippen molar-refractivity contribution >= 4 is 16.7 Å². The van der Waals surface area contributed by atoms with E-state index in [0.717, 1.165) is 46.9 Å². The predicted molar refractivity (Wildman–Crippen MR) is 134 cm³/mol. The third-order valence-corrected chi connectivity index (χ3v) is 11.1. The number of hydrogen-bond acceptors (Lipinski definition) is 3.